The van der Waals surface area contributed by atoms with Crippen molar-refractivity contribution in [2.24, 2.45) is 0 Å². The van der Waals surface area contributed by atoms with E-state index in [1.165, 1.54) is 0 Å². The van der Waals surface area contributed by atoms with Crippen molar-refractivity contribution in [3.8, 4) is 0 Å². The van der Waals surface area contributed by atoms with Gasteiger partial charge in [0.25, 0.3) is 0 Å². The van der Waals surface area contributed by atoms with Crippen molar-refractivity contribution in [1.82, 2.24) is 0 Å². The molecule has 0 fully saturated rings. The number of hydrogen-bond acceptors (Lipinski definition) is 2. The Morgan fingerprint density at radius 2 is 2.12 bits per heavy atom. The number of benzene rings is 1. The van der Waals surface area contributed by atoms with Gasteiger partial charge in [-0.1, -0.05) is 15.9 Å². The summed E-state index contributed by atoms with van der Waals surface area (Å²) >= 11 is 7.22. The van der Waals surface area contributed by atoms with Gasteiger partial charge in [0.05, 0.1) is 0 Å². The maximum absolute atomic E-state index is 12.2. The summed E-state index contributed by atoms with van der Waals surface area (Å²) in [7, 11) is 0. The van der Waals surface area contributed by atoms with Crippen molar-refractivity contribution < 1.29 is 4.79 Å². The molecule has 82 valence electrons. The third-order valence-electron chi connectivity index (χ3n) is 2.17. The maximum atomic E-state index is 12.2. The molecule has 2 rings (SSSR count). The first-order valence-electron chi connectivity index (χ1n) is 4.63. The smallest absolute Gasteiger partial charge is 0.195 e. The minimum atomic E-state index is 0.0785. The van der Waals surface area contributed by atoms with Gasteiger partial charge >= 0.3 is 0 Å². The van der Waals surface area contributed by atoms with Gasteiger partial charge in [0.2, 0.25) is 0 Å². The van der Waals surface area contributed by atoms with Crippen molar-refractivity contribution in [2.75, 3.05) is 0 Å². The number of carbonyl (C=O) groups excluding carboxylic acids is 1. The maximum Gasteiger partial charge on any atom is 0.195 e. The molecule has 0 bridgehead atoms. The van der Waals surface area contributed by atoms with Crippen LogP contribution in [0.5, 0.6) is 0 Å². The Bertz CT molecular complexity index is 548. The summed E-state index contributed by atoms with van der Waals surface area (Å²) in [6.45, 7) is 2.01. The molecule has 0 spiro atoms. The molecule has 1 aromatic carbocycles. The summed E-state index contributed by atoms with van der Waals surface area (Å²) in [5.74, 6) is 0.0785. The Labute approximate surface area is 120 Å². The Morgan fingerprint density at radius 3 is 2.75 bits per heavy atom. The zero-order valence-corrected chi connectivity index (χ0v) is 13.0. The summed E-state index contributed by atoms with van der Waals surface area (Å²) in [4.78, 5) is 13.4. The van der Waals surface area contributed by atoms with Gasteiger partial charge in [-0.25, -0.2) is 0 Å². The third-order valence-corrected chi connectivity index (χ3v) is 4.39. The Balaban J connectivity index is 2.45. The van der Waals surface area contributed by atoms with Crippen LogP contribution in [-0.4, -0.2) is 5.78 Å². The molecule has 0 saturated heterocycles. The van der Waals surface area contributed by atoms with E-state index in [4.69, 9.17) is 0 Å². The van der Waals surface area contributed by atoms with E-state index in [1.807, 2.05) is 36.6 Å². The van der Waals surface area contributed by atoms with E-state index in [0.717, 1.165) is 24.0 Å². The first kappa shape index (κ1) is 12.3. The lowest BCUT2D eigenvalue weighted by atomic mass is 10.1. The highest BCUT2D eigenvalue weighted by atomic mass is 127. The molecular weight excluding hydrogens is 399 g/mol. The molecular formula is C12H8BrIOS. The third kappa shape index (κ3) is 2.55. The first-order valence-corrected chi connectivity index (χ1v) is 7.38. The second kappa shape index (κ2) is 4.98. The zero-order chi connectivity index (χ0) is 11.7. The molecule has 4 heteroatoms. The average molecular weight is 407 g/mol. The quantitative estimate of drug-likeness (QED) is 0.523. The van der Waals surface area contributed by atoms with Crippen LogP contribution in [0.25, 0.3) is 0 Å². The molecule has 0 aliphatic heterocycles. The molecule has 0 aliphatic rings. The van der Waals surface area contributed by atoms with Crippen LogP contribution in [-0.2, 0) is 0 Å². The molecule has 0 unspecified atom stereocenters. The molecule has 1 nitrogen and oxygen atoms in total. The van der Waals surface area contributed by atoms with Crippen LogP contribution < -0.4 is 0 Å². The van der Waals surface area contributed by atoms with Crippen molar-refractivity contribution in [3.63, 3.8) is 0 Å². The standard InChI is InChI=1S/C12H8BrIOS/c1-7-4-8(6-16-7)12(15)10-5-9(14)2-3-11(10)13/h2-6H,1H3. The molecule has 1 aromatic heterocycles. The van der Waals surface area contributed by atoms with E-state index in [1.54, 1.807) is 11.3 Å². The van der Waals surface area contributed by atoms with E-state index >= 15 is 0 Å². The lowest BCUT2D eigenvalue weighted by molar-refractivity contribution is 0.103. The number of ketones is 1. The SMILES string of the molecule is Cc1cc(C(=O)c2cc(I)ccc2Br)cs1. The fourth-order valence-corrected chi connectivity index (χ4v) is 2.99. The Hall–Kier alpha value is -0.200. The van der Waals surface area contributed by atoms with Gasteiger partial charge in [-0.15, -0.1) is 11.3 Å². The Kier molecular flexibility index (Phi) is 3.81. The van der Waals surface area contributed by atoms with Crippen LogP contribution in [0, 0.1) is 10.5 Å². The van der Waals surface area contributed by atoms with Crippen molar-refractivity contribution >= 4 is 55.6 Å². The van der Waals surface area contributed by atoms with Gasteiger partial charge in [0.15, 0.2) is 5.78 Å². The van der Waals surface area contributed by atoms with Gasteiger partial charge in [0.1, 0.15) is 0 Å². The van der Waals surface area contributed by atoms with Crippen LogP contribution in [0.3, 0.4) is 0 Å². The van der Waals surface area contributed by atoms with Crippen molar-refractivity contribution in [3.05, 3.63) is 53.7 Å². The summed E-state index contributed by atoms with van der Waals surface area (Å²) in [6, 6.07) is 7.72. The van der Waals surface area contributed by atoms with Gasteiger partial charge in [-0.2, -0.15) is 0 Å². The lowest BCUT2D eigenvalue weighted by Crippen LogP contribution is -2.01. The predicted molar refractivity (Wildman–Crippen MR) is 79.3 cm³/mol. The summed E-state index contributed by atoms with van der Waals surface area (Å²) in [5, 5.41) is 1.91. The molecule has 16 heavy (non-hydrogen) atoms. The normalized spacial score (nSPS) is 10.4. The number of carbonyl (C=O) groups is 1. The Morgan fingerprint density at radius 1 is 1.38 bits per heavy atom. The van der Waals surface area contributed by atoms with E-state index in [0.29, 0.717) is 0 Å². The highest BCUT2D eigenvalue weighted by Gasteiger charge is 2.13. The lowest BCUT2D eigenvalue weighted by Gasteiger charge is -2.02. The van der Waals surface area contributed by atoms with Crippen molar-refractivity contribution in [2.45, 2.75) is 6.92 Å². The van der Waals surface area contributed by atoms with E-state index in [9.17, 15) is 4.79 Å². The van der Waals surface area contributed by atoms with E-state index < -0.39 is 0 Å². The minimum Gasteiger partial charge on any atom is -0.289 e. The van der Waals surface area contributed by atoms with Gasteiger partial charge in [0, 0.05) is 29.4 Å². The van der Waals surface area contributed by atoms with Gasteiger partial charge < -0.3 is 0 Å². The minimum absolute atomic E-state index is 0.0785. The number of aryl methyl sites for hydroxylation is 1. The molecule has 0 amide bonds. The average Bonchev–Trinajstić information content (AvgIpc) is 2.67. The number of thiophene rings is 1. The summed E-state index contributed by atoms with van der Waals surface area (Å²) in [6.07, 6.45) is 0. The van der Waals surface area contributed by atoms with E-state index in [-0.39, 0.29) is 5.78 Å². The van der Waals surface area contributed by atoms with E-state index in [2.05, 4.69) is 38.5 Å². The highest BCUT2D eigenvalue weighted by Crippen LogP contribution is 2.24. The molecule has 0 N–H and O–H groups in total. The van der Waals surface area contributed by atoms with Gasteiger partial charge in [-0.3, -0.25) is 4.79 Å². The highest BCUT2D eigenvalue weighted by molar-refractivity contribution is 14.1. The van der Waals surface area contributed by atoms with Crippen LogP contribution >= 0.6 is 49.9 Å². The zero-order valence-electron chi connectivity index (χ0n) is 8.46. The predicted octanol–water partition coefficient (Wildman–Crippen LogP) is 4.65. The fraction of sp³-hybridized carbons (Fsp3) is 0.0833. The van der Waals surface area contributed by atoms with Crippen molar-refractivity contribution in [1.29, 1.82) is 0 Å². The second-order valence-corrected chi connectivity index (χ2v) is 6.61. The molecule has 0 atom stereocenters. The fourth-order valence-electron chi connectivity index (χ4n) is 1.39. The number of hydrogen-bond donors (Lipinski definition) is 0. The first-order chi connectivity index (χ1) is 7.58. The second-order valence-electron chi connectivity index (χ2n) is 3.40. The summed E-state index contributed by atoms with van der Waals surface area (Å²) < 4.78 is 1.91. The summed E-state index contributed by atoms with van der Waals surface area (Å²) in [5.41, 5.74) is 1.50. The monoisotopic (exact) mass is 406 g/mol. The molecule has 0 saturated carbocycles. The van der Waals surface area contributed by atoms with Crippen LogP contribution in [0.15, 0.2) is 34.1 Å². The number of rotatable bonds is 2. The van der Waals surface area contributed by atoms with Crippen LogP contribution in [0.2, 0.25) is 0 Å². The van der Waals surface area contributed by atoms with Crippen LogP contribution in [0.4, 0.5) is 0 Å². The molecule has 1 heterocycles. The molecule has 2 aromatic rings. The van der Waals surface area contributed by atoms with Gasteiger partial charge in [-0.05, 0) is 53.8 Å². The molecule has 0 aliphatic carbocycles. The number of halogens is 2. The van der Waals surface area contributed by atoms with Crippen LogP contribution in [0.1, 0.15) is 20.8 Å². The molecule has 0 radical (unpaired) electrons. The largest absolute Gasteiger partial charge is 0.289 e. The topological polar surface area (TPSA) is 17.1 Å².